The minimum Gasteiger partial charge on any atom is -0.383 e. The van der Waals surface area contributed by atoms with E-state index in [1.807, 2.05) is 0 Å². The van der Waals surface area contributed by atoms with Crippen molar-refractivity contribution in [2.24, 2.45) is 5.92 Å². The molecule has 0 bridgehead atoms. The second-order valence-electron chi connectivity index (χ2n) is 4.71. The normalized spacial score (nSPS) is 16.5. The molecule has 1 saturated carbocycles. The third kappa shape index (κ3) is 2.36. The van der Waals surface area contributed by atoms with Gasteiger partial charge in [0.25, 0.3) is 0 Å². The van der Waals surface area contributed by atoms with E-state index in [1.54, 1.807) is 4.68 Å². The molecule has 1 atom stereocenters. The highest BCUT2D eigenvalue weighted by Gasteiger charge is 2.29. The third-order valence-electron chi connectivity index (χ3n) is 3.23. The van der Waals surface area contributed by atoms with Crippen LogP contribution in [0.5, 0.6) is 0 Å². The number of hydrogen-bond donors (Lipinski definition) is 2. The molecule has 1 fully saturated rings. The Bertz CT molecular complexity index is 438. The van der Waals surface area contributed by atoms with Crippen LogP contribution in [0.2, 0.25) is 0 Å². The molecule has 0 amide bonds. The Kier molecular flexibility index (Phi) is 3.23. The fourth-order valence-corrected chi connectivity index (χ4v) is 2.00. The van der Waals surface area contributed by atoms with Gasteiger partial charge in [-0.3, -0.25) is 0 Å². The van der Waals surface area contributed by atoms with E-state index in [2.05, 4.69) is 30.3 Å². The van der Waals surface area contributed by atoms with Crippen molar-refractivity contribution in [3.63, 3.8) is 0 Å². The summed E-state index contributed by atoms with van der Waals surface area (Å²) in [4.78, 5) is 0. The van der Waals surface area contributed by atoms with Gasteiger partial charge in [-0.15, -0.1) is 0 Å². The van der Waals surface area contributed by atoms with Crippen molar-refractivity contribution in [1.82, 2.24) is 9.78 Å². The molecule has 1 aromatic heterocycles. The summed E-state index contributed by atoms with van der Waals surface area (Å²) < 4.78 is 1.71. The summed E-state index contributed by atoms with van der Waals surface area (Å²) in [5, 5.41) is 16.8. The first kappa shape index (κ1) is 11.8. The van der Waals surface area contributed by atoms with Gasteiger partial charge in [0.2, 0.25) is 0 Å². The van der Waals surface area contributed by atoms with Crippen molar-refractivity contribution >= 4 is 11.6 Å². The van der Waals surface area contributed by atoms with Gasteiger partial charge in [-0.25, -0.2) is 4.68 Å². The van der Waals surface area contributed by atoms with E-state index in [0.717, 1.165) is 18.9 Å². The van der Waals surface area contributed by atoms with Crippen LogP contribution in [0.4, 0.5) is 11.6 Å². The standard InChI is InChI=1S/C12H19N5/c1-3-6-17-11(14)10(7-13)12(16-17)15-8(2)9-4-5-9/h8-9H,3-6,14H2,1-2H3,(H,15,16). The van der Waals surface area contributed by atoms with Crippen LogP contribution in [0.3, 0.4) is 0 Å². The molecule has 2 rings (SSSR count). The van der Waals surface area contributed by atoms with Crippen LogP contribution in [0, 0.1) is 17.2 Å². The van der Waals surface area contributed by atoms with Crippen LogP contribution in [0.25, 0.3) is 0 Å². The number of anilines is 2. The van der Waals surface area contributed by atoms with Crippen LogP contribution < -0.4 is 11.1 Å². The summed E-state index contributed by atoms with van der Waals surface area (Å²) in [7, 11) is 0. The topological polar surface area (TPSA) is 79.7 Å². The molecule has 92 valence electrons. The van der Waals surface area contributed by atoms with Crippen LogP contribution in [-0.2, 0) is 6.54 Å². The molecule has 0 radical (unpaired) electrons. The van der Waals surface area contributed by atoms with Crippen molar-refractivity contribution in [3.05, 3.63) is 5.56 Å². The lowest BCUT2D eigenvalue weighted by Gasteiger charge is -2.11. The van der Waals surface area contributed by atoms with Crippen LogP contribution in [0.1, 0.15) is 38.7 Å². The number of nitrogen functional groups attached to an aromatic ring is 1. The molecule has 1 aliphatic rings. The second-order valence-corrected chi connectivity index (χ2v) is 4.71. The fourth-order valence-electron chi connectivity index (χ4n) is 2.00. The molecule has 0 aliphatic heterocycles. The lowest BCUT2D eigenvalue weighted by atomic mass is 10.2. The quantitative estimate of drug-likeness (QED) is 0.814. The highest BCUT2D eigenvalue weighted by Crippen LogP contribution is 2.34. The molecule has 1 aromatic rings. The lowest BCUT2D eigenvalue weighted by molar-refractivity contribution is 0.608. The maximum absolute atomic E-state index is 9.12. The predicted octanol–water partition coefficient (Wildman–Crippen LogP) is 1.96. The van der Waals surface area contributed by atoms with E-state index < -0.39 is 0 Å². The van der Waals surface area contributed by atoms with Gasteiger partial charge in [0.1, 0.15) is 17.5 Å². The summed E-state index contributed by atoms with van der Waals surface area (Å²) in [6.45, 7) is 4.95. The molecule has 1 heterocycles. The number of aryl methyl sites for hydroxylation is 1. The zero-order chi connectivity index (χ0) is 12.4. The highest BCUT2D eigenvalue weighted by atomic mass is 15.3. The Morgan fingerprint density at radius 2 is 2.35 bits per heavy atom. The molecular weight excluding hydrogens is 214 g/mol. The molecule has 5 heteroatoms. The molecule has 1 unspecified atom stereocenters. The van der Waals surface area contributed by atoms with Gasteiger partial charge in [0, 0.05) is 12.6 Å². The van der Waals surface area contributed by atoms with E-state index in [4.69, 9.17) is 11.0 Å². The minimum absolute atomic E-state index is 0.367. The molecule has 3 N–H and O–H groups in total. The molecule has 0 aromatic carbocycles. The van der Waals surface area contributed by atoms with Gasteiger partial charge in [-0.05, 0) is 32.1 Å². The van der Waals surface area contributed by atoms with Gasteiger partial charge in [-0.1, -0.05) is 6.92 Å². The smallest absolute Gasteiger partial charge is 0.168 e. The SMILES string of the molecule is CCCn1nc(NC(C)C2CC2)c(C#N)c1N. The third-order valence-corrected chi connectivity index (χ3v) is 3.23. The number of nitrogens with two attached hydrogens (primary N) is 1. The number of nitrogens with zero attached hydrogens (tertiary/aromatic N) is 3. The molecule has 17 heavy (non-hydrogen) atoms. The number of nitriles is 1. The Balaban J connectivity index is 2.20. The van der Waals surface area contributed by atoms with Crippen LogP contribution >= 0.6 is 0 Å². The minimum atomic E-state index is 0.367. The van der Waals surface area contributed by atoms with Crippen molar-refractivity contribution in [2.45, 2.75) is 45.7 Å². The predicted molar refractivity (Wildman–Crippen MR) is 67.5 cm³/mol. The van der Waals surface area contributed by atoms with Gasteiger partial charge in [0.15, 0.2) is 5.82 Å². The highest BCUT2D eigenvalue weighted by molar-refractivity contribution is 5.64. The number of hydrogen-bond acceptors (Lipinski definition) is 4. The summed E-state index contributed by atoms with van der Waals surface area (Å²) in [5.41, 5.74) is 6.38. The summed E-state index contributed by atoms with van der Waals surface area (Å²) in [6, 6.07) is 2.50. The second kappa shape index (κ2) is 4.66. The van der Waals surface area contributed by atoms with E-state index in [-0.39, 0.29) is 0 Å². The van der Waals surface area contributed by atoms with Crippen LogP contribution in [0.15, 0.2) is 0 Å². The number of rotatable bonds is 5. The first-order valence-corrected chi connectivity index (χ1v) is 6.20. The van der Waals surface area contributed by atoms with Crippen molar-refractivity contribution in [1.29, 1.82) is 5.26 Å². The molecule has 0 spiro atoms. The van der Waals surface area contributed by atoms with Crippen LogP contribution in [-0.4, -0.2) is 15.8 Å². The molecular formula is C12H19N5. The van der Waals surface area contributed by atoms with E-state index >= 15 is 0 Å². The molecule has 0 saturated heterocycles. The van der Waals surface area contributed by atoms with Crippen molar-refractivity contribution < 1.29 is 0 Å². The summed E-state index contributed by atoms with van der Waals surface area (Å²) in [5.74, 6) is 1.83. The van der Waals surface area contributed by atoms with Gasteiger partial charge in [-0.2, -0.15) is 10.4 Å². The number of aromatic nitrogens is 2. The van der Waals surface area contributed by atoms with Gasteiger partial charge in [0.05, 0.1) is 0 Å². The average molecular weight is 233 g/mol. The zero-order valence-electron chi connectivity index (χ0n) is 10.4. The maximum atomic E-state index is 9.12. The Labute approximate surface area is 102 Å². The van der Waals surface area contributed by atoms with E-state index in [9.17, 15) is 0 Å². The number of nitrogens with one attached hydrogen (secondary N) is 1. The first-order valence-electron chi connectivity index (χ1n) is 6.20. The Hall–Kier alpha value is -1.70. The van der Waals surface area contributed by atoms with E-state index in [0.29, 0.717) is 23.2 Å². The van der Waals surface area contributed by atoms with Gasteiger partial charge >= 0.3 is 0 Å². The Morgan fingerprint density at radius 3 is 2.88 bits per heavy atom. The molecule has 5 nitrogen and oxygen atoms in total. The zero-order valence-corrected chi connectivity index (χ0v) is 10.4. The largest absolute Gasteiger partial charge is 0.383 e. The van der Waals surface area contributed by atoms with E-state index in [1.165, 1.54) is 12.8 Å². The van der Waals surface area contributed by atoms with Gasteiger partial charge < -0.3 is 11.1 Å². The maximum Gasteiger partial charge on any atom is 0.168 e. The Morgan fingerprint density at radius 1 is 1.65 bits per heavy atom. The van der Waals surface area contributed by atoms with Crippen molar-refractivity contribution in [2.75, 3.05) is 11.1 Å². The average Bonchev–Trinajstić information content (AvgIpc) is 3.09. The van der Waals surface area contributed by atoms with Crippen molar-refractivity contribution in [3.8, 4) is 6.07 Å². The fraction of sp³-hybridized carbons (Fsp3) is 0.667. The first-order chi connectivity index (χ1) is 8.17. The monoisotopic (exact) mass is 233 g/mol. The summed E-state index contributed by atoms with van der Waals surface area (Å²) >= 11 is 0. The molecule has 1 aliphatic carbocycles. The summed E-state index contributed by atoms with van der Waals surface area (Å²) in [6.07, 6.45) is 3.48. The lowest BCUT2D eigenvalue weighted by Crippen LogP contribution is -2.18.